The number of hydrogen-bond acceptors (Lipinski definition) is 8. The lowest BCUT2D eigenvalue weighted by Crippen LogP contribution is -2.47. The molecule has 1 fully saturated rings. The standard InChI is InChI=1S/C25H34F3N5O3S/c1-15(2)14-33(19-8-10-32(11-9-19)17(4)34)21-7-6-18(16(3)12-22(35)36-5)13-20(21)29-24-30-23(31-37-24)25(26,27)28/h6-7,13,15-16,19H,8-12,14H2,1-5H3,(H,29,30,31)/t16-/m1/s1. The van der Waals surface area contributed by atoms with E-state index < -0.39 is 12.0 Å². The van der Waals surface area contributed by atoms with Gasteiger partial charge in [-0.15, -0.1) is 0 Å². The summed E-state index contributed by atoms with van der Waals surface area (Å²) in [6.45, 7) is 9.70. The first-order valence-corrected chi connectivity index (χ1v) is 13.1. The molecule has 0 bridgehead atoms. The number of likely N-dealkylation sites (tertiary alicyclic amines) is 1. The first-order chi connectivity index (χ1) is 17.4. The van der Waals surface area contributed by atoms with Crippen LogP contribution in [-0.4, -0.2) is 58.9 Å². The maximum Gasteiger partial charge on any atom is 0.452 e. The molecule has 0 radical (unpaired) electrons. The second-order valence-corrected chi connectivity index (χ2v) is 10.5. The summed E-state index contributed by atoms with van der Waals surface area (Å²) in [5.41, 5.74) is 2.26. The van der Waals surface area contributed by atoms with Crippen molar-refractivity contribution in [1.82, 2.24) is 14.3 Å². The van der Waals surface area contributed by atoms with E-state index in [-0.39, 0.29) is 35.4 Å². The Labute approximate surface area is 219 Å². The summed E-state index contributed by atoms with van der Waals surface area (Å²) in [7, 11) is 1.33. The minimum absolute atomic E-state index is 0.0299. The highest BCUT2D eigenvalue weighted by molar-refractivity contribution is 7.09. The normalized spacial score (nSPS) is 15.5. The number of alkyl halides is 3. The Bertz CT molecular complexity index is 1080. The number of piperidine rings is 1. The van der Waals surface area contributed by atoms with Gasteiger partial charge in [0.25, 0.3) is 0 Å². The third-order valence-electron chi connectivity index (χ3n) is 6.43. The molecular weight excluding hydrogens is 507 g/mol. The number of rotatable bonds is 9. The number of hydrogen-bond donors (Lipinski definition) is 1. The van der Waals surface area contributed by atoms with E-state index in [9.17, 15) is 22.8 Å². The first-order valence-electron chi connectivity index (χ1n) is 12.3. The first kappa shape index (κ1) is 28.7. The second kappa shape index (κ2) is 12.1. The average Bonchev–Trinajstić information content (AvgIpc) is 3.31. The molecule has 0 aliphatic carbocycles. The van der Waals surface area contributed by atoms with Crippen LogP contribution in [0.3, 0.4) is 0 Å². The quantitative estimate of drug-likeness (QED) is 0.423. The summed E-state index contributed by atoms with van der Waals surface area (Å²) in [6, 6.07) is 5.89. The molecule has 204 valence electrons. The number of carbonyl (C=O) groups excluding carboxylic acids is 2. The number of amides is 1. The van der Waals surface area contributed by atoms with Crippen molar-refractivity contribution in [2.75, 3.05) is 37.0 Å². The number of methoxy groups -OCH3 is 1. The number of ether oxygens (including phenoxy) is 1. The SMILES string of the molecule is COC(=O)C[C@@H](C)c1ccc(N(CC(C)C)C2CCN(C(C)=O)CC2)c(Nc2nc(C(F)(F)F)ns2)c1. The molecule has 1 aliphatic rings. The van der Waals surface area contributed by atoms with E-state index >= 15 is 0 Å². The summed E-state index contributed by atoms with van der Waals surface area (Å²) in [5.74, 6) is -1.33. The molecule has 1 aliphatic heterocycles. The number of nitrogens with one attached hydrogen (secondary N) is 1. The van der Waals surface area contributed by atoms with Crippen molar-refractivity contribution >= 4 is 39.9 Å². The molecule has 1 atom stereocenters. The summed E-state index contributed by atoms with van der Waals surface area (Å²) in [5, 5.41) is 3.10. The molecule has 37 heavy (non-hydrogen) atoms. The minimum atomic E-state index is -4.63. The fraction of sp³-hybridized carbons (Fsp3) is 0.600. The van der Waals surface area contributed by atoms with Crippen molar-refractivity contribution in [2.24, 2.45) is 5.92 Å². The van der Waals surface area contributed by atoms with Crippen LogP contribution in [0, 0.1) is 5.92 Å². The van der Waals surface area contributed by atoms with E-state index in [4.69, 9.17) is 4.74 Å². The lowest BCUT2D eigenvalue weighted by Gasteiger charge is -2.41. The van der Waals surface area contributed by atoms with Gasteiger partial charge in [-0.1, -0.05) is 26.8 Å². The highest BCUT2D eigenvalue weighted by Crippen LogP contribution is 2.37. The van der Waals surface area contributed by atoms with Crippen molar-refractivity contribution in [3.8, 4) is 0 Å². The predicted molar refractivity (Wildman–Crippen MR) is 137 cm³/mol. The molecular formula is C25H34F3N5O3S. The number of nitrogens with zero attached hydrogens (tertiary/aromatic N) is 4. The summed E-state index contributed by atoms with van der Waals surface area (Å²) in [4.78, 5) is 31.4. The molecule has 0 saturated carbocycles. The molecule has 0 unspecified atom stereocenters. The zero-order valence-electron chi connectivity index (χ0n) is 21.8. The summed E-state index contributed by atoms with van der Waals surface area (Å²) < 4.78 is 47.6. The van der Waals surface area contributed by atoms with Crippen LogP contribution in [0.15, 0.2) is 18.2 Å². The molecule has 8 nitrogen and oxygen atoms in total. The van der Waals surface area contributed by atoms with Gasteiger partial charge in [0, 0.05) is 44.1 Å². The molecule has 12 heteroatoms. The molecule has 3 rings (SSSR count). The van der Waals surface area contributed by atoms with Crippen molar-refractivity contribution in [2.45, 2.75) is 65.1 Å². The second-order valence-electron chi connectivity index (χ2n) is 9.79. The van der Waals surface area contributed by atoms with Crippen LogP contribution in [0.5, 0.6) is 0 Å². The lowest BCUT2D eigenvalue weighted by atomic mass is 9.95. The van der Waals surface area contributed by atoms with Gasteiger partial charge in [0.05, 0.1) is 24.9 Å². The zero-order chi connectivity index (χ0) is 27.3. The molecule has 1 aromatic carbocycles. The van der Waals surface area contributed by atoms with Gasteiger partial charge in [-0.3, -0.25) is 9.59 Å². The Hall–Kier alpha value is -2.89. The molecule has 2 aromatic rings. The number of halogens is 3. The van der Waals surface area contributed by atoms with Crippen molar-refractivity contribution in [3.63, 3.8) is 0 Å². The van der Waals surface area contributed by atoms with E-state index in [1.807, 2.05) is 30.0 Å². The molecule has 1 aromatic heterocycles. The van der Waals surface area contributed by atoms with Gasteiger partial charge in [0.15, 0.2) is 0 Å². The van der Waals surface area contributed by atoms with E-state index in [0.29, 0.717) is 36.2 Å². The molecule has 1 N–H and O–H groups in total. The van der Waals surface area contributed by atoms with Crippen LogP contribution in [0.25, 0.3) is 0 Å². The van der Waals surface area contributed by atoms with Crippen LogP contribution < -0.4 is 10.2 Å². The Morgan fingerprint density at radius 1 is 1.24 bits per heavy atom. The highest BCUT2D eigenvalue weighted by Gasteiger charge is 2.36. The van der Waals surface area contributed by atoms with Crippen molar-refractivity contribution in [3.05, 3.63) is 29.6 Å². The average molecular weight is 542 g/mol. The molecule has 0 spiro atoms. The fourth-order valence-corrected chi connectivity index (χ4v) is 5.10. The lowest BCUT2D eigenvalue weighted by molar-refractivity contribution is -0.144. The van der Waals surface area contributed by atoms with Gasteiger partial charge in [0.1, 0.15) is 0 Å². The number of aromatic nitrogens is 2. The number of esters is 1. The zero-order valence-corrected chi connectivity index (χ0v) is 22.6. The highest BCUT2D eigenvalue weighted by atomic mass is 32.1. The van der Waals surface area contributed by atoms with E-state index in [2.05, 4.69) is 33.4 Å². The van der Waals surface area contributed by atoms with Gasteiger partial charge in [-0.25, -0.2) is 0 Å². The van der Waals surface area contributed by atoms with Crippen molar-refractivity contribution in [1.29, 1.82) is 0 Å². The Balaban J connectivity index is 1.99. The summed E-state index contributed by atoms with van der Waals surface area (Å²) in [6.07, 6.45) is -2.90. The smallest absolute Gasteiger partial charge is 0.452 e. The van der Waals surface area contributed by atoms with Gasteiger partial charge >= 0.3 is 12.1 Å². The molecule has 1 saturated heterocycles. The van der Waals surface area contributed by atoms with Crippen LogP contribution in [0.4, 0.5) is 29.7 Å². The number of anilines is 3. The predicted octanol–water partition coefficient (Wildman–Crippen LogP) is 5.44. The number of carbonyl (C=O) groups is 2. The maximum atomic E-state index is 13.1. The third kappa shape index (κ3) is 7.56. The minimum Gasteiger partial charge on any atom is -0.469 e. The summed E-state index contributed by atoms with van der Waals surface area (Å²) >= 11 is 0.644. The third-order valence-corrected chi connectivity index (χ3v) is 7.06. The molecule has 2 heterocycles. The van der Waals surface area contributed by atoms with Crippen LogP contribution in [0.1, 0.15) is 64.3 Å². The maximum absolute atomic E-state index is 13.1. The van der Waals surface area contributed by atoms with Gasteiger partial charge < -0.3 is 19.9 Å². The monoisotopic (exact) mass is 541 g/mol. The van der Waals surface area contributed by atoms with Gasteiger partial charge in [-0.2, -0.15) is 22.5 Å². The number of benzene rings is 1. The molecule has 1 amide bonds. The van der Waals surface area contributed by atoms with Crippen LogP contribution in [-0.2, 0) is 20.5 Å². The Morgan fingerprint density at radius 3 is 2.46 bits per heavy atom. The van der Waals surface area contributed by atoms with Crippen LogP contribution >= 0.6 is 11.5 Å². The Morgan fingerprint density at radius 2 is 1.92 bits per heavy atom. The van der Waals surface area contributed by atoms with Gasteiger partial charge in [0.2, 0.25) is 16.9 Å². The van der Waals surface area contributed by atoms with Crippen LogP contribution in [0.2, 0.25) is 0 Å². The Kier molecular flexibility index (Phi) is 9.38. The van der Waals surface area contributed by atoms with E-state index in [0.717, 1.165) is 30.6 Å². The fourth-order valence-electron chi connectivity index (χ4n) is 4.50. The van der Waals surface area contributed by atoms with Gasteiger partial charge in [-0.05, 0) is 42.4 Å². The van der Waals surface area contributed by atoms with Crippen molar-refractivity contribution < 1.29 is 27.5 Å². The van der Waals surface area contributed by atoms with E-state index in [1.54, 1.807) is 6.92 Å². The van der Waals surface area contributed by atoms with E-state index in [1.165, 1.54) is 7.11 Å². The largest absolute Gasteiger partial charge is 0.469 e. The topological polar surface area (TPSA) is 87.7 Å².